The Morgan fingerprint density at radius 3 is 2.80 bits per heavy atom. The summed E-state index contributed by atoms with van der Waals surface area (Å²) in [5, 5.41) is 12.4. The maximum absolute atomic E-state index is 13.4. The Balaban J connectivity index is 1.48. The zero-order chi connectivity index (χ0) is 20.5. The van der Waals surface area contributed by atoms with Crippen LogP contribution < -0.4 is 10.6 Å². The minimum absolute atomic E-state index is 0.0605. The summed E-state index contributed by atoms with van der Waals surface area (Å²) >= 11 is 0. The van der Waals surface area contributed by atoms with Gasteiger partial charge in [-0.05, 0) is 43.7 Å². The van der Waals surface area contributed by atoms with Crippen molar-refractivity contribution in [3.05, 3.63) is 53.3 Å². The molecule has 1 fully saturated rings. The Hall–Kier alpha value is -2.89. The Bertz CT molecular complexity index is 1070. The average Bonchev–Trinajstić information content (AvgIpc) is 3.39. The number of anilines is 1. The topological polar surface area (TPSA) is 71.8 Å². The highest BCUT2D eigenvalue weighted by molar-refractivity contribution is 6.06. The smallest absolute Gasteiger partial charge is 0.255 e. The number of nitrogens with zero attached hydrogens (tertiary/aromatic N) is 3. The fraction of sp³-hybridized carbons (Fsp3) is 0.458. The van der Waals surface area contributed by atoms with Crippen LogP contribution >= 0.6 is 0 Å². The standard InChI is InChI=1S/C24H29N5O/c1-2-29-23-19(15-26-29)22(27-17-9-4-3-5-10-17)20(14-25-23)24(30)28-21-13-12-16-8-6-7-11-18(16)21/h6-8,11,14-15,17,21H,2-5,9-10,12-13H2,1H3,(H,25,27)(H,28,30). The van der Waals surface area contributed by atoms with Crippen LogP contribution in [0.3, 0.4) is 0 Å². The molecule has 6 heteroatoms. The molecule has 156 valence electrons. The normalized spacial score (nSPS) is 19.0. The molecule has 2 N–H and O–H groups in total. The van der Waals surface area contributed by atoms with E-state index in [4.69, 9.17) is 0 Å². The van der Waals surface area contributed by atoms with Crippen LogP contribution in [0, 0.1) is 0 Å². The van der Waals surface area contributed by atoms with Gasteiger partial charge in [-0.15, -0.1) is 0 Å². The van der Waals surface area contributed by atoms with Gasteiger partial charge in [0.05, 0.1) is 28.9 Å². The summed E-state index contributed by atoms with van der Waals surface area (Å²) in [4.78, 5) is 18.0. The molecule has 1 unspecified atom stereocenters. The molecule has 0 spiro atoms. The lowest BCUT2D eigenvalue weighted by Gasteiger charge is -2.25. The summed E-state index contributed by atoms with van der Waals surface area (Å²) in [6.45, 7) is 2.81. The van der Waals surface area contributed by atoms with E-state index in [1.165, 1.54) is 30.4 Å². The molecule has 0 aliphatic heterocycles. The zero-order valence-electron chi connectivity index (χ0n) is 17.5. The molecule has 30 heavy (non-hydrogen) atoms. The molecule has 2 heterocycles. The first-order chi connectivity index (χ1) is 14.7. The van der Waals surface area contributed by atoms with Crippen LogP contribution in [0.5, 0.6) is 0 Å². The van der Waals surface area contributed by atoms with Crippen molar-refractivity contribution in [2.75, 3.05) is 5.32 Å². The van der Waals surface area contributed by atoms with Gasteiger partial charge in [-0.2, -0.15) is 5.10 Å². The van der Waals surface area contributed by atoms with Crippen molar-refractivity contribution in [2.24, 2.45) is 0 Å². The molecule has 1 atom stereocenters. The van der Waals surface area contributed by atoms with Gasteiger partial charge < -0.3 is 10.6 Å². The molecular formula is C24H29N5O. The third-order valence-corrected chi connectivity index (χ3v) is 6.60. The van der Waals surface area contributed by atoms with Crippen molar-refractivity contribution in [2.45, 2.75) is 70.5 Å². The molecule has 1 saturated carbocycles. The molecule has 2 aliphatic carbocycles. The number of fused-ring (bicyclic) bond motifs is 2. The average molecular weight is 404 g/mol. The second-order valence-electron chi connectivity index (χ2n) is 8.49. The lowest BCUT2D eigenvalue weighted by atomic mass is 9.95. The van der Waals surface area contributed by atoms with Crippen molar-refractivity contribution >= 4 is 22.6 Å². The largest absolute Gasteiger partial charge is 0.381 e. The van der Waals surface area contributed by atoms with Crippen molar-refractivity contribution in [1.82, 2.24) is 20.1 Å². The molecule has 1 aromatic carbocycles. The Kier molecular flexibility index (Phi) is 5.15. The first kappa shape index (κ1) is 19.1. The van der Waals surface area contributed by atoms with Gasteiger partial charge in [0, 0.05) is 18.8 Å². The fourth-order valence-electron chi connectivity index (χ4n) is 4.98. The van der Waals surface area contributed by atoms with Crippen LogP contribution in [-0.2, 0) is 13.0 Å². The number of hydrogen-bond acceptors (Lipinski definition) is 4. The highest BCUT2D eigenvalue weighted by atomic mass is 16.1. The zero-order valence-corrected chi connectivity index (χ0v) is 17.5. The number of rotatable bonds is 5. The highest BCUT2D eigenvalue weighted by Gasteiger charge is 2.27. The molecule has 6 nitrogen and oxygen atoms in total. The summed E-state index contributed by atoms with van der Waals surface area (Å²) in [5.74, 6) is -0.0614. The quantitative estimate of drug-likeness (QED) is 0.652. The Morgan fingerprint density at radius 1 is 1.13 bits per heavy atom. The lowest BCUT2D eigenvalue weighted by Crippen LogP contribution is -2.30. The van der Waals surface area contributed by atoms with Gasteiger partial charge in [-0.1, -0.05) is 43.5 Å². The number of aromatic nitrogens is 3. The number of carbonyl (C=O) groups excluding carboxylic acids is 1. The first-order valence-electron chi connectivity index (χ1n) is 11.2. The van der Waals surface area contributed by atoms with Crippen LogP contribution in [0.4, 0.5) is 5.69 Å². The third kappa shape index (κ3) is 3.44. The van der Waals surface area contributed by atoms with Gasteiger partial charge >= 0.3 is 0 Å². The van der Waals surface area contributed by atoms with Crippen LogP contribution in [0.15, 0.2) is 36.7 Å². The van der Waals surface area contributed by atoms with Gasteiger partial charge in [-0.25, -0.2) is 9.67 Å². The maximum atomic E-state index is 13.4. The number of aryl methyl sites for hydroxylation is 2. The number of carbonyl (C=O) groups is 1. The minimum atomic E-state index is -0.0614. The minimum Gasteiger partial charge on any atom is -0.381 e. The molecular weight excluding hydrogens is 374 g/mol. The van der Waals surface area contributed by atoms with E-state index in [2.05, 4.69) is 45.8 Å². The third-order valence-electron chi connectivity index (χ3n) is 6.60. The van der Waals surface area contributed by atoms with Crippen molar-refractivity contribution in [3.8, 4) is 0 Å². The van der Waals surface area contributed by atoms with Gasteiger partial charge in [0.1, 0.15) is 0 Å². The number of benzene rings is 1. The van der Waals surface area contributed by atoms with E-state index in [0.29, 0.717) is 11.6 Å². The van der Waals surface area contributed by atoms with E-state index in [1.54, 1.807) is 6.20 Å². The van der Waals surface area contributed by atoms with Crippen LogP contribution in [-0.4, -0.2) is 26.7 Å². The van der Waals surface area contributed by atoms with Crippen LogP contribution in [0.1, 0.15) is 73.0 Å². The highest BCUT2D eigenvalue weighted by Crippen LogP contribution is 2.33. The number of nitrogens with one attached hydrogen (secondary N) is 2. The van der Waals surface area contributed by atoms with E-state index in [0.717, 1.165) is 48.9 Å². The second kappa shape index (κ2) is 8.09. The molecule has 0 radical (unpaired) electrons. The maximum Gasteiger partial charge on any atom is 0.255 e. The SMILES string of the molecule is CCn1ncc2c(NC3CCCCC3)c(C(=O)NC3CCc4ccccc43)cnc21. The summed E-state index contributed by atoms with van der Waals surface area (Å²) < 4.78 is 1.89. The van der Waals surface area contributed by atoms with Gasteiger partial charge in [0.25, 0.3) is 5.91 Å². The van der Waals surface area contributed by atoms with Gasteiger partial charge in [0.2, 0.25) is 0 Å². The molecule has 2 aromatic heterocycles. The molecule has 0 saturated heterocycles. The van der Waals surface area contributed by atoms with Crippen molar-refractivity contribution < 1.29 is 4.79 Å². The summed E-state index contributed by atoms with van der Waals surface area (Å²) in [7, 11) is 0. The van der Waals surface area contributed by atoms with E-state index in [9.17, 15) is 4.79 Å². The number of pyridine rings is 1. The van der Waals surface area contributed by atoms with Crippen LogP contribution in [0.25, 0.3) is 11.0 Å². The second-order valence-corrected chi connectivity index (χ2v) is 8.49. The van der Waals surface area contributed by atoms with Crippen LogP contribution in [0.2, 0.25) is 0 Å². The number of amides is 1. The van der Waals surface area contributed by atoms with E-state index in [-0.39, 0.29) is 11.9 Å². The molecule has 3 aromatic rings. The lowest BCUT2D eigenvalue weighted by molar-refractivity contribution is 0.0937. The predicted molar refractivity (Wildman–Crippen MR) is 119 cm³/mol. The first-order valence-corrected chi connectivity index (χ1v) is 11.2. The summed E-state index contributed by atoms with van der Waals surface area (Å²) in [6, 6.07) is 8.86. The van der Waals surface area contributed by atoms with E-state index >= 15 is 0 Å². The molecule has 0 bridgehead atoms. The predicted octanol–water partition coefficient (Wildman–Crippen LogP) is 4.61. The molecule has 1 amide bonds. The Labute approximate surface area is 177 Å². The monoisotopic (exact) mass is 403 g/mol. The van der Waals surface area contributed by atoms with Crippen molar-refractivity contribution in [1.29, 1.82) is 0 Å². The fourth-order valence-corrected chi connectivity index (χ4v) is 4.98. The van der Waals surface area contributed by atoms with E-state index in [1.807, 2.05) is 16.9 Å². The molecule has 5 rings (SSSR count). The van der Waals surface area contributed by atoms with Gasteiger partial charge in [0.15, 0.2) is 5.65 Å². The summed E-state index contributed by atoms with van der Waals surface area (Å²) in [5.41, 5.74) is 4.91. The van der Waals surface area contributed by atoms with E-state index < -0.39 is 0 Å². The Morgan fingerprint density at radius 2 is 1.97 bits per heavy atom. The molecule has 2 aliphatic rings. The number of hydrogen-bond donors (Lipinski definition) is 2. The van der Waals surface area contributed by atoms with Gasteiger partial charge in [-0.3, -0.25) is 4.79 Å². The summed E-state index contributed by atoms with van der Waals surface area (Å²) in [6.07, 6.45) is 11.6. The van der Waals surface area contributed by atoms with Crippen molar-refractivity contribution in [3.63, 3.8) is 0 Å².